The van der Waals surface area contributed by atoms with E-state index in [4.69, 9.17) is 0 Å². The molecule has 0 amide bonds. The van der Waals surface area contributed by atoms with Gasteiger partial charge in [0, 0.05) is 18.0 Å². The van der Waals surface area contributed by atoms with Crippen LogP contribution in [0, 0.1) is 24.1 Å². The van der Waals surface area contributed by atoms with Crippen LogP contribution in [0.25, 0.3) is 22.5 Å². The Kier molecular flexibility index (Phi) is 3.63. The summed E-state index contributed by atoms with van der Waals surface area (Å²) in [6.45, 7) is 1.96. The van der Waals surface area contributed by atoms with E-state index in [2.05, 4.69) is 16.0 Å². The van der Waals surface area contributed by atoms with Crippen LogP contribution in [0.2, 0.25) is 0 Å². The SMILES string of the molecule is Cc1cccnc1-c1cc(-c2ccc(F)cc2)c(C#N)cn1. The largest absolute Gasteiger partial charge is 0.254 e. The molecule has 2 aromatic heterocycles. The minimum absolute atomic E-state index is 0.308. The van der Waals surface area contributed by atoms with Crippen molar-refractivity contribution in [2.24, 2.45) is 0 Å². The summed E-state index contributed by atoms with van der Waals surface area (Å²) in [5.41, 5.74) is 4.41. The molecule has 0 bridgehead atoms. The Morgan fingerprint density at radius 2 is 1.86 bits per heavy atom. The molecule has 0 aliphatic carbocycles. The number of nitriles is 1. The summed E-state index contributed by atoms with van der Waals surface area (Å²) >= 11 is 0. The number of hydrogen-bond acceptors (Lipinski definition) is 3. The number of pyridine rings is 2. The first-order chi connectivity index (χ1) is 10.7. The summed E-state index contributed by atoms with van der Waals surface area (Å²) in [5.74, 6) is -0.308. The number of aryl methyl sites for hydroxylation is 1. The molecule has 106 valence electrons. The van der Waals surface area contributed by atoms with Crippen LogP contribution in [0.1, 0.15) is 11.1 Å². The van der Waals surface area contributed by atoms with Crippen LogP contribution in [0.15, 0.2) is 54.9 Å². The number of rotatable bonds is 2. The highest BCUT2D eigenvalue weighted by atomic mass is 19.1. The molecular weight excluding hydrogens is 277 g/mol. The average molecular weight is 289 g/mol. The van der Waals surface area contributed by atoms with Gasteiger partial charge in [-0.1, -0.05) is 18.2 Å². The highest BCUT2D eigenvalue weighted by Gasteiger charge is 2.11. The first kappa shape index (κ1) is 13.9. The smallest absolute Gasteiger partial charge is 0.123 e. The molecule has 0 N–H and O–H groups in total. The van der Waals surface area contributed by atoms with Gasteiger partial charge in [0.25, 0.3) is 0 Å². The molecule has 0 saturated heterocycles. The van der Waals surface area contributed by atoms with Crippen molar-refractivity contribution < 1.29 is 4.39 Å². The zero-order chi connectivity index (χ0) is 15.5. The molecule has 0 atom stereocenters. The van der Waals surface area contributed by atoms with Gasteiger partial charge in [-0.05, 0) is 42.3 Å². The van der Waals surface area contributed by atoms with Crippen LogP contribution in [0.5, 0.6) is 0 Å². The van der Waals surface area contributed by atoms with E-state index in [0.717, 1.165) is 22.4 Å². The molecule has 3 nitrogen and oxygen atoms in total. The van der Waals surface area contributed by atoms with Crippen molar-refractivity contribution in [3.05, 3.63) is 71.8 Å². The van der Waals surface area contributed by atoms with Crippen LogP contribution >= 0.6 is 0 Å². The van der Waals surface area contributed by atoms with Gasteiger partial charge >= 0.3 is 0 Å². The predicted octanol–water partition coefficient (Wildman–Crippen LogP) is 4.13. The maximum absolute atomic E-state index is 13.1. The molecule has 0 aliphatic heterocycles. The van der Waals surface area contributed by atoms with Gasteiger partial charge in [-0.3, -0.25) is 9.97 Å². The number of aromatic nitrogens is 2. The monoisotopic (exact) mass is 289 g/mol. The molecule has 0 fully saturated rings. The fourth-order valence-corrected chi connectivity index (χ4v) is 2.30. The van der Waals surface area contributed by atoms with Crippen molar-refractivity contribution in [2.75, 3.05) is 0 Å². The first-order valence-electron chi connectivity index (χ1n) is 6.77. The molecule has 0 radical (unpaired) electrons. The van der Waals surface area contributed by atoms with Crippen molar-refractivity contribution in [1.82, 2.24) is 9.97 Å². The molecular formula is C18H12FN3. The highest BCUT2D eigenvalue weighted by Crippen LogP contribution is 2.28. The summed E-state index contributed by atoms with van der Waals surface area (Å²) in [4.78, 5) is 8.67. The Labute approximate surface area is 127 Å². The predicted molar refractivity (Wildman–Crippen MR) is 82.3 cm³/mol. The van der Waals surface area contributed by atoms with E-state index in [1.54, 1.807) is 18.3 Å². The van der Waals surface area contributed by atoms with Gasteiger partial charge in [0.2, 0.25) is 0 Å². The summed E-state index contributed by atoms with van der Waals surface area (Å²) in [7, 11) is 0. The third-order valence-corrected chi connectivity index (χ3v) is 3.43. The molecule has 4 heteroatoms. The molecule has 0 unspecified atom stereocenters. The standard InChI is InChI=1S/C18H12FN3/c1-12-3-2-8-21-18(12)17-9-16(14(10-20)11-22-17)13-4-6-15(19)7-5-13/h2-9,11H,1H3. The van der Waals surface area contributed by atoms with Crippen molar-refractivity contribution in [2.45, 2.75) is 6.92 Å². The fourth-order valence-electron chi connectivity index (χ4n) is 2.30. The second kappa shape index (κ2) is 5.74. The Balaban J connectivity index is 2.17. The van der Waals surface area contributed by atoms with E-state index in [1.807, 2.05) is 25.1 Å². The summed E-state index contributed by atoms with van der Waals surface area (Å²) in [6, 6.07) is 13.8. The molecule has 1 aromatic carbocycles. The fraction of sp³-hybridized carbons (Fsp3) is 0.0556. The first-order valence-corrected chi connectivity index (χ1v) is 6.77. The second-order valence-electron chi connectivity index (χ2n) is 4.90. The Hall–Kier alpha value is -3.06. The van der Waals surface area contributed by atoms with Gasteiger partial charge in [-0.15, -0.1) is 0 Å². The zero-order valence-electron chi connectivity index (χ0n) is 11.9. The molecule has 3 aromatic rings. The van der Waals surface area contributed by atoms with Gasteiger partial charge < -0.3 is 0 Å². The highest BCUT2D eigenvalue weighted by molar-refractivity contribution is 5.74. The van der Waals surface area contributed by atoms with Crippen LogP contribution in [0.3, 0.4) is 0 Å². The van der Waals surface area contributed by atoms with Crippen molar-refractivity contribution in [3.63, 3.8) is 0 Å². The van der Waals surface area contributed by atoms with Crippen LogP contribution in [0.4, 0.5) is 4.39 Å². The molecule has 2 heterocycles. The van der Waals surface area contributed by atoms with Gasteiger partial charge in [-0.25, -0.2) is 4.39 Å². The van der Waals surface area contributed by atoms with E-state index >= 15 is 0 Å². The maximum atomic E-state index is 13.1. The molecule has 0 aliphatic rings. The Bertz CT molecular complexity index is 864. The maximum Gasteiger partial charge on any atom is 0.123 e. The number of benzene rings is 1. The summed E-state index contributed by atoms with van der Waals surface area (Å²) in [6.07, 6.45) is 3.24. The Morgan fingerprint density at radius 3 is 2.55 bits per heavy atom. The van der Waals surface area contributed by atoms with Crippen molar-refractivity contribution in [3.8, 4) is 28.6 Å². The van der Waals surface area contributed by atoms with Crippen LogP contribution in [-0.2, 0) is 0 Å². The molecule has 0 spiro atoms. The molecule has 3 rings (SSSR count). The third-order valence-electron chi connectivity index (χ3n) is 3.43. The molecule has 22 heavy (non-hydrogen) atoms. The Morgan fingerprint density at radius 1 is 1.09 bits per heavy atom. The van der Waals surface area contributed by atoms with Crippen molar-refractivity contribution >= 4 is 0 Å². The van der Waals surface area contributed by atoms with E-state index < -0.39 is 0 Å². The number of hydrogen-bond donors (Lipinski definition) is 0. The second-order valence-corrected chi connectivity index (χ2v) is 4.90. The lowest BCUT2D eigenvalue weighted by Crippen LogP contribution is -1.94. The third kappa shape index (κ3) is 2.57. The lowest BCUT2D eigenvalue weighted by Gasteiger charge is -2.08. The topological polar surface area (TPSA) is 49.6 Å². The van der Waals surface area contributed by atoms with Gasteiger partial charge in [0.05, 0.1) is 17.0 Å². The zero-order valence-corrected chi connectivity index (χ0v) is 11.9. The average Bonchev–Trinajstić information content (AvgIpc) is 2.55. The van der Waals surface area contributed by atoms with E-state index in [0.29, 0.717) is 11.3 Å². The van der Waals surface area contributed by atoms with Gasteiger partial charge in [-0.2, -0.15) is 5.26 Å². The quantitative estimate of drug-likeness (QED) is 0.712. The lowest BCUT2D eigenvalue weighted by atomic mass is 10.00. The number of halogens is 1. The van der Waals surface area contributed by atoms with Crippen molar-refractivity contribution in [1.29, 1.82) is 5.26 Å². The number of nitrogens with zero attached hydrogens (tertiary/aromatic N) is 3. The van der Waals surface area contributed by atoms with E-state index in [9.17, 15) is 9.65 Å². The van der Waals surface area contributed by atoms with Gasteiger partial charge in [0.15, 0.2) is 0 Å². The minimum Gasteiger partial charge on any atom is -0.254 e. The minimum atomic E-state index is -0.308. The summed E-state index contributed by atoms with van der Waals surface area (Å²) in [5, 5.41) is 9.27. The van der Waals surface area contributed by atoms with E-state index in [-0.39, 0.29) is 5.82 Å². The lowest BCUT2D eigenvalue weighted by molar-refractivity contribution is 0.628. The summed E-state index contributed by atoms with van der Waals surface area (Å²) < 4.78 is 13.1. The van der Waals surface area contributed by atoms with Crippen LogP contribution < -0.4 is 0 Å². The molecule has 0 saturated carbocycles. The normalized spacial score (nSPS) is 10.2. The van der Waals surface area contributed by atoms with Gasteiger partial charge in [0.1, 0.15) is 11.9 Å². The van der Waals surface area contributed by atoms with Crippen LogP contribution in [-0.4, -0.2) is 9.97 Å². The van der Waals surface area contributed by atoms with E-state index in [1.165, 1.54) is 18.3 Å².